The minimum atomic E-state index is -0.513. The van der Waals surface area contributed by atoms with Crippen LogP contribution in [0.15, 0.2) is 60.6 Å². The SMILES string of the molecule is C=CN(CC(=O)Nc1ccc(N2CCN(C(=O)OC(C)(C)C)CC2)cc1)C(C(=O)N(C)C(=C)C)=C(C)C. The highest BCUT2D eigenvalue weighted by Crippen LogP contribution is 2.21. The van der Waals surface area contributed by atoms with Gasteiger partial charge in [-0.25, -0.2) is 4.79 Å². The monoisotopic (exact) mass is 511 g/mol. The molecule has 1 aliphatic heterocycles. The molecule has 0 aromatic heterocycles. The van der Waals surface area contributed by atoms with E-state index in [0.29, 0.717) is 43.3 Å². The van der Waals surface area contributed by atoms with Crippen molar-refractivity contribution in [2.24, 2.45) is 0 Å². The highest BCUT2D eigenvalue weighted by atomic mass is 16.6. The molecule has 9 nitrogen and oxygen atoms in total. The van der Waals surface area contributed by atoms with Gasteiger partial charge in [0.15, 0.2) is 0 Å². The molecule has 0 bridgehead atoms. The predicted octanol–water partition coefficient (Wildman–Crippen LogP) is 4.41. The van der Waals surface area contributed by atoms with Crippen LogP contribution in [-0.2, 0) is 14.3 Å². The number of rotatable bonds is 8. The number of piperazine rings is 1. The summed E-state index contributed by atoms with van der Waals surface area (Å²) in [6.07, 6.45) is 1.19. The Labute approximate surface area is 221 Å². The first-order valence-electron chi connectivity index (χ1n) is 12.4. The molecule has 3 amide bonds. The van der Waals surface area contributed by atoms with Gasteiger partial charge in [-0.3, -0.25) is 9.59 Å². The Morgan fingerprint density at radius 2 is 1.62 bits per heavy atom. The summed E-state index contributed by atoms with van der Waals surface area (Å²) in [6, 6.07) is 7.56. The zero-order valence-corrected chi connectivity index (χ0v) is 23.3. The fourth-order valence-corrected chi connectivity index (χ4v) is 3.78. The van der Waals surface area contributed by atoms with Crippen molar-refractivity contribution in [2.75, 3.05) is 50.0 Å². The molecule has 0 unspecified atom stereocenters. The quantitative estimate of drug-likeness (QED) is 0.521. The lowest BCUT2D eigenvalue weighted by Gasteiger charge is -2.36. The van der Waals surface area contributed by atoms with Crippen molar-refractivity contribution in [3.8, 4) is 0 Å². The number of likely N-dealkylation sites (N-methyl/N-ethyl adjacent to an activating group) is 1. The number of carbonyl (C=O) groups is 3. The summed E-state index contributed by atoms with van der Waals surface area (Å²) in [7, 11) is 1.65. The second-order valence-electron chi connectivity index (χ2n) is 10.3. The topological polar surface area (TPSA) is 85.4 Å². The van der Waals surface area contributed by atoms with Crippen LogP contribution in [0.3, 0.4) is 0 Å². The molecular formula is C28H41N5O4. The summed E-state index contributed by atoms with van der Waals surface area (Å²) in [4.78, 5) is 44.9. The van der Waals surface area contributed by atoms with Crippen molar-refractivity contribution in [3.05, 3.63) is 60.6 Å². The first kappa shape index (κ1) is 29.5. The summed E-state index contributed by atoms with van der Waals surface area (Å²) >= 11 is 0. The molecule has 1 fully saturated rings. The number of hydrogen-bond donors (Lipinski definition) is 1. The summed E-state index contributed by atoms with van der Waals surface area (Å²) < 4.78 is 5.46. The molecule has 37 heavy (non-hydrogen) atoms. The average Bonchev–Trinajstić information content (AvgIpc) is 2.82. The number of carbonyl (C=O) groups excluding carboxylic acids is 3. The van der Waals surface area contributed by atoms with E-state index in [1.54, 1.807) is 23.8 Å². The zero-order valence-electron chi connectivity index (χ0n) is 23.3. The Balaban J connectivity index is 1.97. The Morgan fingerprint density at radius 1 is 1.05 bits per heavy atom. The lowest BCUT2D eigenvalue weighted by Crippen LogP contribution is -2.50. The number of nitrogens with zero attached hydrogens (tertiary/aromatic N) is 4. The van der Waals surface area contributed by atoms with Crippen LogP contribution in [0.2, 0.25) is 0 Å². The van der Waals surface area contributed by atoms with Crippen LogP contribution in [-0.4, -0.2) is 78.0 Å². The largest absolute Gasteiger partial charge is 0.444 e. The van der Waals surface area contributed by atoms with Gasteiger partial charge < -0.3 is 29.7 Å². The maximum Gasteiger partial charge on any atom is 0.410 e. The maximum atomic E-state index is 12.9. The van der Waals surface area contributed by atoms with Gasteiger partial charge >= 0.3 is 6.09 Å². The number of benzene rings is 1. The first-order chi connectivity index (χ1) is 17.2. The molecule has 1 saturated heterocycles. The van der Waals surface area contributed by atoms with Crippen LogP contribution in [0.4, 0.5) is 16.2 Å². The van der Waals surface area contributed by atoms with Crippen molar-refractivity contribution in [3.63, 3.8) is 0 Å². The molecule has 0 spiro atoms. The van der Waals surface area contributed by atoms with Crippen molar-refractivity contribution in [2.45, 2.75) is 47.1 Å². The normalized spacial score (nSPS) is 13.4. The van der Waals surface area contributed by atoms with Gasteiger partial charge in [0.2, 0.25) is 5.91 Å². The van der Waals surface area contributed by atoms with Crippen LogP contribution in [0, 0.1) is 0 Å². The molecule has 2 rings (SSSR count). The number of ether oxygens (including phenoxy) is 1. The smallest absolute Gasteiger partial charge is 0.410 e. The van der Waals surface area contributed by atoms with E-state index < -0.39 is 5.60 Å². The average molecular weight is 512 g/mol. The van der Waals surface area contributed by atoms with Crippen LogP contribution in [0.1, 0.15) is 41.5 Å². The van der Waals surface area contributed by atoms with Crippen molar-refractivity contribution in [1.82, 2.24) is 14.7 Å². The van der Waals surface area contributed by atoms with E-state index in [4.69, 9.17) is 4.74 Å². The van der Waals surface area contributed by atoms with Crippen molar-refractivity contribution < 1.29 is 19.1 Å². The molecule has 1 N–H and O–H groups in total. The van der Waals surface area contributed by atoms with Crippen LogP contribution in [0.5, 0.6) is 0 Å². The molecule has 1 aliphatic rings. The number of nitrogens with one attached hydrogen (secondary N) is 1. The Kier molecular flexibility index (Phi) is 9.94. The summed E-state index contributed by atoms with van der Waals surface area (Å²) in [5, 5.41) is 2.88. The number of hydrogen-bond acceptors (Lipinski definition) is 6. The molecule has 0 aliphatic carbocycles. The molecule has 1 aromatic rings. The lowest BCUT2D eigenvalue weighted by molar-refractivity contribution is -0.125. The van der Waals surface area contributed by atoms with E-state index in [0.717, 1.165) is 11.3 Å². The predicted molar refractivity (Wildman–Crippen MR) is 148 cm³/mol. The van der Waals surface area contributed by atoms with E-state index in [2.05, 4.69) is 23.4 Å². The van der Waals surface area contributed by atoms with E-state index in [1.807, 2.05) is 58.9 Å². The third kappa shape index (κ3) is 8.41. The minimum absolute atomic E-state index is 0.0613. The molecule has 202 valence electrons. The van der Waals surface area contributed by atoms with Crippen LogP contribution >= 0.6 is 0 Å². The van der Waals surface area contributed by atoms with Crippen molar-refractivity contribution in [1.29, 1.82) is 0 Å². The standard InChI is InChI=1S/C28H41N5O4/c1-10-31(25(20(2)3)26(35)30(9)21(4)5)19-24(34)29-22-11-13-23(14-12-22)32-15-17-33(18-16-32)27(36)37-28(6,7)8/h10-14H,1,4,15-19H2,2-3,5-9H3,(H,29,34). The fourth-order valence-electron chi connectivity index (χ4n) is 3.78. The Bertz CT molecular complexity index is 1040. The van der Waals surface area contributed by atoms with E-state index in [1.165, 1.54) is 11.1 Å². The Morgan fingerprint density at radius 3 is 2.08 bits per heavy atom. The van der Waals surface area contributed by atoms with Gasteiger partial charge in [0.05, 0.1) is 0 Å². The maximum absolute atomic E-state index is 12.9. The van der Waals surface area contributed by atoms with Crippen molar-refractivity contribution >= 4 is 29.3 Å². The third-order valence-corrected chi connectivity index (χ3v) is 5.82. The van der Waals surface area contributed by atoms with E-state index in [9.17, 15) is 14.4 Å². The molecule has 0 radical (unpaired) electrons. The molecule has 9 heteroatoms. The van der Waals surface area contributed by atoms with Gasteiger partial charge in [0.25, 0.3) is 5.91 Å². The third-order valence-electron chi connectivity index (χ3n) is 5.82. The lowest BCUT2D eigenvalue weighted by atomic mass is 10.2. The highest BCUT2D eigenvalue weighted by molar-refractivity contribution is 5.97. The molecule has 1 heterocycles. The van der Waals surface area contributed by atoms with Crippen LogP contribution < -0.4 is 10.2 Å². The zero-order chi connectivity index (χ0) is 27.9. The van der Waals surface area contributed by atoms with E-state index >= 15 is 0 Å². The highest BCUT2D eigenvalue weighted by Gasteiger charge is 2.26. The number of anilines is 2. The van der Waals surface area contributed by atoms with Crippen LogP contribution in [0.25, 0.3) is 0 Å². The molecular weight excluding hydrogens is 470 g/mol. The first-order valence-corrected chi connectivity index (χ1v) is 12.4. The Hall–Kier alpha value is -3.75. The van der Waals surface area contributed by atoms with Gasteiger partial charge in [-0.15, -0.1) is 0 Å². The molecule has 0 atom stereocenters. The van der Waals surface area contributed by atoms with Gasteiger partial charge in [-0.1, -0.05) is 13.2 Å². The summed E-state index contributed by atoms with van der Waals surface area (Å²) in [5.74, 6) is -0.528. The summed E-state index contributed by atoms with van der Waals surface area (Å²) in [5.41, 5.74) is 2.90. The molecule has 0 saturated carbocycles. The minimum Gasteiger partial charge on any atom is -0.444 e. The number of amides is 3. The van der Waals surface area contributed by atoms with Gasteiger partial charge in [-0.2, -0.15) is 0 Å². The second-order valence-corrected chi connectivity index (χ2v) is 10.3. The van der Waals surface area contributed by atoms with Gasteiger partial charge in [0, 0.05) is 50.3 Å². The second kappa shape index (κ2) is 12.5. The fraction of sp³-hybridized carbons (Fsp3) is 0.464. The molecule has 1 aromatic carbocycles. The van der Waals surface area contributed by atoms with Gasteiger partial charge in [0.1, 0.15) is 17.8 Å². The van der Waals surface area contributed by atoms with E-state index in [-0.39, 0.29) is 24.5 Å². The summed E-state index contributed by atoms with van der Waals surface area (Å²) in [6.45, 7) is 21.1. The van der Waals surface area contributed by atoms with Gasteiger partial charge in [-0.05, 0) is 77.6 Å². The number of allylic oxidation sites excluding steroid dienone is 2.